The van der Waals surface area contributed by atoms with Gasteiger partial charge < -0.3 is 0 Å². The minimum absolute atomic E-state index is 0.550. The Morgan fingerprint density at radius 2 is 2.17 bits per heavy atom. The molecule has 12 heavy (non-hydrogen) atoms. The van der Waals surface area contributed by atoms with Crippen molar-refractivity contribution >= 4 is 11.9 Å². The Morgan fingerprint density at radius 3 is 2.92 bits per heavy atom. The molecule has 0 bridgehead atoms. The van der Waals surface area contributed by atoms with Gasteiger partial charge in [0, 0.05) is 18.8 Å². The fourth-order valence-corrected chi connectivity index (χ4v) is 1.56. The van der Waals surface area contributed by atoms with E-state index in [1.807, 2.05) is 18.6 Å². The van der Waals surface area contributed by atoms with Gasteiger partial charge in [-0.15, -0.1) is 0 Å². The standard InChI is InChI=1S/C10H12N2/c1-7(2)9-5-11-6-10-8(9)3-4-12-10/h4-7H,3H2,1-2H3. The van der Waals surface area contributed by atoms with Crippen molar-refractivity contribution in [2.24, 2.45) is 4.99 Å². The Morgan fingerprint density at radius 1 is 1.33 bits per heavy atom. The van der Waals surface area contributed by atoms with Crippen LogP contribution >= 0.6 is 0 Å². The normalized spacial score (nSPS) is 13.9. The van der Waals surface area contributed by atoms with Crippen molar-refractivity contribution in [3.05, 3.63) is 23.5 Å². The molecule has 0 aliphatic carbocycles. The van der Waals surface area contributed by atoms with Crippen LogP contribution in [0, 0.1) is 0 Å². The van der Waals surface area contributed by atoms with Crippen molar-refractivity contribution < 1.29 is 0 Å². The van der Waals surface area contributed by atoms with Gasteiger partial charge in [-0.1, -0.05) is 13.8 Å². The van der Waals surface area contributed by atoms with E-state index in [1.54, 1.807) is 0 Å². The number of rotatable bonds is 1. The maximum Gasteiger partial charge on any atom is 0.0847 e. The highest BCUT2D eigenvalue weighted by Crippen LogP contribution is 2.29. The molecular weight excluding hydrogens is 148 g/mol. The van der Waals surface area contributed by atoms with Crippen molar-refractivity contribution in [1.29, 1.82) is 0 Å². The molecule has 0 atom stereocenters. The van der Waals surface area contributed by atoms with E-state index >= 15 is 0 Å². The largest absolute Gasteiger partial charge is 0.262 e. The highest BCUT2D eigenvalue weighted by molar-refractivity contribution is 5.76. The number of nitrogens with zero attached hydrogens (tertiary/aromatic N) is 2. The zero-order valence-electron chi connectivity index (χ0n) is 7.41. The lowest BCUT2D eigenvalue weighted by molar-refractivity contribution is 0.846. The number of aliphatic imine (C=N–C) groups is 1. The number of aromatic nitrogens is 1. The molecule has 0 spiro atoms. The minimum Gasteiger partial charge on any atom is -0.262 e. The molecule has 0 saturated heterocycles. The number of hydrogen-bond acceptors (Lipinski definition) is 2. The molecular formula is C10H12N2. The van der Waals surface area contributed by atoms with E-state index < -0.39 is 0 Å². The lowest BCUT2D eigenvalue weighted by Gasteiger charge is -2.09. The highest BCUT2D eigenvalue weighted by atomic mass is 14.8. The van der Waals surface area contributed by atoms with Crippen LogP contribution in [0.5, 0.6) is 0 Å². The summed E-state index contributed by atoms with van der Waals surface area (Å²) in [5, 5.41) is 0. The molecule has 62 valence electrons. The molecule has 0 N–H and O–H groups in total. The molecule has 0 saturated carbocycles. The Kier molecular flexibility index (Phi) is 1.68. The van der Waals surface area contributed by atoms with E-state index in [1.165, 1.54) is 11.1 Å². The summed E-state index contributed by atoms with van der Waals surface area (Å²) in [6.45, 7) is 4.38. The van der Waals surface area contributed by atoms with Crippen molar-refractivity contribution in [1.82, 2.24) is 4.98 Å². The molecule has 1 aliphatic rings. The molecule has 0 fully saturated rings. The van der Waals surface area contributed by atoms with Gasteiger partial charge in [-0.05, 0) is 17.0 Å². The first-order chi connectivity index (χ1) is 5.79. The van der Waals surface area contributed by atoms with Gasteiger partial charge in [-0.2, -0.15) is 0 Å². The second-order valence-corrected chi connectivity index (χ2v) is 3.40. The molecule has 2 rings (SSSR count). The van der Waals surface area contributed by atoms with E-state index in [9.17, 15) is 0 Å². The summed E-state index contributed by atoms with van der Waals surface area (Å²) in [6, 6.07) is 0. The molecule has 2 heterocycles. The smallest absolute Gasteiger partial charge is 0.0847 e. The SMILES string of the molecule is CC(C)c1cncc2c1CC=N2. The molecule has 2 nitrogen and oxygen atoms in total. The van der Waals surface area contributed by atoms with Gasteiger partial charge in [-0.3, -0.25) is 9.98 Å². The van der Waals surface area contributed by atoms with Crippen LogP contribution in [0.25, 0.3) is 0 Å². The maximum absolute atomic E-state index is 4.25. The summed E-state index contributed by atoms with van der Waals surface area (Å²) >= 11 is 0. The summed E-state index contributed by atoms with van der Waals surface area (Å²) in [6.07, 6.45) is 6.73. The Labute approximate surface area is 72.4 Å². The number of pyridine rings is 1. The first kappa shape index (κ1) is 7.47. The fourth-order valence-electron chi connectivity index (χ4n) is 1.56. The molecule has 2 heteroatoms. The van der Waals surface area contributed by atoms with E-state index in [0.29, 0.717) is 5.92 Å². The maximum atomic E-state index is 4.25. The third-order valence-corrected chi connectivity index (χ3v) is 2.22. The van der Waals surface area contributed by atoms with Gasteiger partial charge in [-0.25, -0.2) is 0 Å². The van der Waals surface area contributed by atoms with Crippen LogP contribution in [0.2, 0.25) is 0 Å². The van der Waals surface area contributed by atoms with Gasteiger partial charge in [0.05, 0.1) is 11.9 Å². The Balaban J connectivity index is 2.53. The first-order valence-electron chi connectivity index (χ1n) is 4.28. The highest BCUT2D eigenvalue weighted by Gasteiger charge is 2.13. The summed E-state index contributed by atoms with van der Waals surface area (Å²) in [4.78, 5) is 8.42. The van der Waals surface area contributed by atoms with Gasteiger partial charge >= 0.3 is 0 Å². The van der Waals surface area contributed by atoms with Crippen LogP contribution in [-0.4, -0.2) is 11.2 Å². The van der Waals surface area contributed by atoms with Crippen LogP contribution in [0.15, 0.2) is 17.4 Å². The van der Waals surface area contributed by atoms with Crippen molar-refractivity contribution in [2.75, 3.05) is 0 Å². The third-order valence-electron chi connectivity index (χ3n) is 2.22. The van der Waals surface area contributed by atoms with Crippen LogP contribution in [0.3, 0.4) is 0 Å². The zero-order chi connectivity index (χ0) is 8.55. The van der Waals surface area contributed by atoms with Crippen molar-refractivity contribution in [3.8, 4) is 0 Å². The second kappa shape index (κ2) is 2.70. The van der Waals surface area contributed by atoms with Crippen LogP contribution in [0.1, 0.15) is 30.9 Å². The predicted octanol–water partition coefficient (Wildman–Crippen LogP) is 2.46. The number of fused-ring (bicyclic) bond motifs is 1. The minimum atomic E-state index is 0.550. The summed E-state index contributed by atoms with van der Waals surface area (Å²) in [7, 11) is 0. The van der Waals surface area contributed by atoms with Gasteiger partial charge in [0.15, 0.2) is 0 Å². The Hall–Kier alpha value is -1.18. The lowest BCUT2D eigenvalue weighted by atomic mass is 9.98. The summed E-state index contributed by atoms with van der Waals surface area (Å²) in [5.41, 5.74) is 3.76. The van der Waals surface area contributed by atoms with Gasteiger partial charge in [0.1, 0.15) is 0 Å². The molecule has 0 aromatic carbocycles. The first-order valence-corrected chi connectivity index (χ1v) is 4.28. The molecule has 0 radical (unpaired) electrons. The third kappa shape index (κ3) is 1.04. The van der Waals surface area contributed by atoms with Crippen molar-refractivity contribution in [3.63, 3.8) is 0 Å². The van der Waals surface area contributed by atoms with Crippen molar-refractivity contribution in [2.45, 2.75) is 26.2 Å². The summed E-state index contributed by atoms with van der Waals surface area (Å²) < 4.78 is 0. The van der Waals surface area contributed by atoms with E-state index in [4.69, 9.17) is 0 Å². The predicted molar refractivity (Wildman–Crippen MR) is 50.2 cm³/mol. The topological polar surface area (TPSA) is 25.2 Å². The molecule has 1 aromatic heterocycles. The van der Waals surface area contributed by atoms with Crippen LogP contribution in [0.4, 0.5) is 5.69 Å². The van der Waals surface area contributed by atoms with E-state index in [-0.39, 0.29) is 0 Å². The summed E-state index contributed by atoms with van der Waals surface area (Å²) in [5.74, 6) is 0.550. The average molecular weight is 160 g/mol. The molecule has 0 amide bonds. The average Bonchev–Trinajstić information content (AvgIpc) is 2.49. The zero-order valence-corrected chi connectivity index (χ0v) is 7.41. The van der Waals surface area contributed by atoms with E-state index in [0.717, 1.165) is 12.1 Å². The molecule has 0 unspecified atom stereocenters. The van der Waals surface area contributed by atoms with Gasteiger partial charge in [0.2, 0.25) is 0 Å². The quantitative estimate of drug-likeness (QED) is 0.619. The van der Waals surface area contributed by atoms with Gasteiger partial charge in [0.25, 0.3) is 0 Å². The van der Waals surface area contributed by atoms with Crippen LogP contribution < -0.4 is 0 Å². The van der Waals surface area contributed by atoms with E-state index in [2.05, 4.69) is 23.8 Å². The lowest BCUT2D eigenvalue weighted by Crippen LogP contribution is -1.95. The fraction of sp³-hybridized carbons (Fsp3) is 0.400. The molecule has 1 aromatic rings. The Bertz CT molecular complexity index is 327. The molecule has 1 aliphatic heterocycles. The second-order valence-electron chi connectivity index (χ2n) is 3.40. The van der Waals surface area contributed by atoms with Crippen LogP contribution in [-0.2, 0) is 6.42 Å². The number of hydrogen-bond donors (Lipinski definition) is 0. The monoisotopic (exact) mass is 160 g/mol.